The molecule has 0 spiro atoms. The van der Waals surface area contributed by atoms with E-state index in [1.54, 1.807) is 30.9 Å². The van der Waals surface area contributed by atoms with Gasteiger partial charge in [-0.15, -0.1) is 0 Å². The molecule has 1 aliphatic heterocycles. The number of hydrogen-bond donors (Lipinski definition) is 2. The zero-order chi connectivity index (χ0) is 24.0. The molecule has 2 aliphatic rings. The Labute approximate surface area is 200 Å². The third kappa shape index (κ3) is 6.48. The van der Waals surface area contributed by atoms with Crippen LogP contribution in [0.1, 0.15) is 64.4 Å². The van der Waals surface area contributed by atoms with Gasteiger partial charge in [-0.1, -0.05) is 36.6 Å². The van der Waals surface area contributed by atoms with E-state index < -0.39 is 30.1 Å². The van der Waals surface area contributed by atoms with Crippen LogP contribution < -0.4 is 5.32 Å². The first-order valence-electron chi connectivity index (χ1n) is 12.0. The summed E-state index contributed by atoms with van der Waals surface area (Å²) in [6, 6.07) is 5.21. The summed E-state index contributed by atoms with van der Waals surface area (Å²) in [6.45, 7) is 3.70. The molecule has 4 unspecified atom stereocenters. The Bertz CT molecular complexity index is 831. The molecule has 2 fully saturated rings. The van der Waals surface area contributed by atoms with Gasteiger partial charge in [0.25, 0.3) is 0 Å². The summed E-state index contributed by atoms with van der Waals surface area (Å²) in [6.07, 6.45) is 6.40. The van der Waals surface area contributed by atoms with E-state index in [1.165, 1.54) is 0 Å². The highest BCUT2D eigenvalue weighted by Gasteiger charge is 2.45. The Kier molecular flexibility index (Phi) is 9.15. The first kappa shape index (κ1) is 25.5. The molecule has 0 aromatic heterocycles. The molecule has 0 bridgehead atoms. The van der Waals surface area contributed by atoms with Gasteiger partial charge in [-0.2, -0.15) is 0 Å². The number of benzene rings is 1. The molecule has 1 aromatic rings. The van der Waals surface area contributed by atoms with E-state index in [2.05, 4.69) is 5.32 Å². The van der Waals surface area contributed by atoms with E-state index in [4.69, 9.17) is 16.3 Å². The van der Waals surface area contributed by atoms with Crippen LogP contribution >= 0.6 is 11.6 Å². The molecule has 1 aliphatic carbocycles. The highest BCUT2D eigenvalue weighted by Crippen LogP contribution is 2.38. The van der Waals surface area contributed by atoms with E-state index in [1.807, 2.05) is 12.1 Å². The number of piperidine rings is 1. The van der Waals surface area contributed by atoms with Crippen LogP contribution in [0.15, 0.2) is 24.3 Å². The van der Waals surface area contributed by atoms with E-state index in [9.17, 15) is 19.5 Å². The lowest BCUT2D eigenvalue weighted by atomic mass is 9.76. The number of halogens is 1. The van der Waals surface area contributed by atoms with Gasteiger partial charge >= 0.3 is 11.9 Å². The number of carboxylic acid groups (broad SMARTS) is 1. The van der Waals surface area contributed by atoms with Crippen molar-refractivity contribution in [1.29, 1.82) is 0 Å². The van der Waals surface area contributed by atoms with Crippen molar-refractivity contribution in [2.45, 2.75) is 89.4 Å². The Balaban J connectivity index is 1.72. The number of amides is 1. The summed E-state index contributed by atoms with van der Waals surface area (Å²) < 4.78 is 5.24. The molecule has 182 valence electrons. The number of nitrogens with one attached hydrogen (secondary N) is 1. The van der Waals surface area contributed by atoms with Crippen molar-refractivity contribution >= 4 is 29.4 Å². The summed E-state index contributed by atoms with van der Waals surface area (Å²) in [4.78, 5) is 39.7. The summed E-state index contributed by atoms with van der Waals surface area (Å²) >= 11 is 5.96. The number of likely N-dealkylation sites (tertiary alicyclic amines) is 1. The number of aryl methyl sites for hydroxylation is 1. The van der Waals surface area contributed by atoms with Crippen LogP contribution in [0.3, 0.4) is 0 Å². The van der Waals surface area contributed by atoms with E-state index in [0.717, 1.165) is 37.7 Å². The number of carboxylic acids is 1. The molecule has 1 saturated carbocycles. The third-order valence-corrected chi connectivity index (χ3v) is 7.19. The van der Waals surface area contributed by atoms with Gasteiger partial charge in [0.1, 0.15) is 12.1 Å². The second-order valence-corrected chi connectivity index (χ2v) is 9.58. The normalized spacial score (nSPS) is 24.5. The average molecular weight is 479 g/mol. The van der Waals surface area contributed by atoms with Gasteiger partial charge in [-0.05, 0) is 76.0 Å². The van der Waals surface area contributed by atoms with Gasteiger partial charge in [0.15, 0.2) is 0 Å². The van der Waals surface area contributed by atoms with Crippen molar-refractivity contribution in [2.24, 2.45) is 5.92 Å². The molecule has 0 radical (unpaired) electrons. The number of carbonyl (C=O) groups is 3. The summed E-state index contributed by atoms with van der Waals surface area (Å²) in [7, 11) is 0. The van der Waals surface area contributed by atoms with Crippen molar-refractivity contribution in [3.8, 4) is 0 Å². The standard InChI is InChI=1S/C25H35ClN2O5/c1-3-33-25(32)20(14-10-17-8-12-19(26)13-9-17)27-16(2)23(29)28-21-7-5-4-6-18(21)11-15-22(28)24(30)31/h8-9,12-13,16,18,20-22,27H,3-7,10-11,14-15H2,1-2H3,(H,30,31)/t16-,18?,20?,21?,22?/m0/s1. The highest BCUT2D eigenvalue weighted by molar-refractivity contribution is 6.30. The van der Waals surface area contributed by atoms with Gasteiger partial charge in [0.05, 0.1) is 12.6 Å². The van der Waals surface area contributed by atoms with Crippen LogP contribution in [0.25, 0.3) is 0 Å². The minimum atomic E-state index is -0.954. The van der Waals surface area contributed by atoms with Gasteiger partial charge in [0, 0.05) is 11.1 Å². The number of esters is 1. The fraction of sp³-hybridized carbons (Fsp3) is 0.640. The number of hydrogen-bond acceptors (Lipinski definition) is 5. The molecular weight excluding hydrogens is 444 g/mol. The maximum Gasteiger partial charge on any atom is 0.326 e. The van der Waals surface area contributed by atoms with Crippen molar-refractivity contribution in [3.05, 3.63) is 34.9 Å². The van der Waals surface area contributed by atoms with Gasteiger partial charge in [-0.25, -0.2) is 4.79 Å². The first-order valence-corrected chi connectivity index (χ1v) is 12.4. The molecule has 33 heavy (non-hydrogen) atoms. The Morgan fingerprint density at radius 3 is 2.52 bits per heavy atom. The molecule has 1 saturated heterocycles. The number of carbonyl (C=O) groups excluding carboxylic acids is 2. The Morgan fingerprint density at radius 1 is 1.15 bits per heavy atom. The molecule has 1 heterocycles. The van der Waals surface area contributed by atoms with Crippen LogP contribution in [0.5, 0.6) is 0 Å². The molecular formula is C25H35ClN2O5. The topological polar surface area (TPSA) is 95.9 Å². The van der Waals surface area contributed by atoms with Crippen LogP contribution in [0.4, 0.5) is 0 Å². The number of rotatable bonds is 9. The summed E-state index contributed by atoms with van der Waals surface area (Å²) in [5.74, 6) is -1.25. The second-order valence-electron chi connectivity index (χ2n) is 9.15. The summed E-state index contributed by atoms with van der Waals surface area (Å²) in [5.41, 5.74) is 1.03. The fourth-order valence-electron chi connectivity index (χ4n) is 5.26. The second kappa shape index (κ2) is 11.8. The van der Waals surface area contributed by atoms with Crippen LogP contribution in [-0.4, -0.2) is 58.6 Å². The zero-order valence-corrected chi connectivity index (χ0v) is 20.2. The minimum Gasteiger partial charge on any atom is -0.480 e. The lowest BCUT2D eigenvalue weighted by Gasteiger charge is -2.48. The quantitative estimate of drug-likeness (QED) is 0.524. The van der Waals surface area contributed by atoms with Gasteiger partial charge in [-0.3, -0.25) is 14.9 Å². The van der Waals surface area contributed by atoms with Crippen molar-refractivity contribution in [3.63, 3.8) is 0 Å². The molecule has 5 atom stereocenters. The molecule has 7 nitrogen and oxygen atoms in total. The maximum absolute atomic E-state index is 13.5. The Morgan fingerprint density at radius 2 is 1.85 bits per heavy atom. The number of aliphatic carboxylic acids is 1. The zero-order valence-electron chi connectivity index (χ0n) is 19.5. The number of nitrogens with zero attached hydrogens (tertiary/aromatic N) is 1. The monoisotopic (exact) mass is 478 g/mol. The van der Waals surface area contributed by atoms with E-state index >= 15 is 0 Å². The SMILES string of the molecule is CCOC(=O)C(CCc1ccc(Cl)cc1)N[C@@H](C)C(=O)N1C(C(=O)O)CCC2CCCCC21. The molecule has 1 aromatic carbocycles. The first-order chi connectivity index (χ1) is 15.8. The Hall–Kier alpha value is -2.12. The molecule has 1 amide bonds. The van der Waals surface area contributed by atoms with E-state index in [0.29, 0.717) is 30.2 Å². The number of fused-ring (bicyclic) bond motifs is 1. The minimum absolute atomic E-state index is 0.0412. The average Bonchev–Trinajstić information content (AvgIpc) is 2.81. The number of ether oxygens (including phenoxy) is 1. The maximum atomic E-state index is 13.5. The van der Waals surface area contributed by atoms with Crippen LogP contribution in [0.2, 0.25) is 5.02 Å². The lowest BCUT2D eigenvalue weighted by molar-refractivity contribution is -0.159. The summed E-state index contributed by atoms with van der Waals surface area (Å²) in [5, 5.41) is 13.6. The smallest absolute Gasteiger partial charge is 0.326 e. The molecule has 3 rings (SSSR count). The van der Waals surface area contributed by atoms with Crippen molar-refractivity contribution in [2.75, 3.05) is 6.61 Å². The van der Waals surface area contributed by atoms with Gasteiger partial charge in [0.2, 0.25) is 5.91 Å². The third-order valence-electron chi connectivity index (χ3n) is 6.94. The molecule has 8 heteroatoms. The predicted octanol–water partition coefficient (Wildman–Crippen LogP) is 3.82. The molecule has 2 N–H and O–H groups in total. The predicted molar refractivity (Wildman–Crippen MR) is 126 cm³/mol. The lowest BCUT2D eigenvalue weighted by Crippen LogP contribution is -2.62. The van der Waals surface area contributed by atoms with Crippen molar-refractivity contribution < 1.29 is 24.2 Å². The van der Waals surface area contributed by atoms with E-state index in [-0.39, 0.29) is 18.6 Å². The largest absolute Gasteiger partial charge is 0.480 e. The van der Waals surface area contributed by atoms with Gasteiger partial charge < -0.3 is 14.7 Å². The van der Waals surface area contributed by atoms with Crippen LogP contribution in [-0.2, 0) is 25.5 Å². The van der Waals surface area contributed by atoms with Crippen LogP contribution in [0, 0.1) is 5.92 Å². The highest BCUT2D eigenvalue weighted by atomic mass is 35.5. The van der Waals surface area contributed by atoms with Crippen molar-refractivity contribution in [1.82, 2.24) is 10.2 Å². The fourth-order valence-corrected chi connectivity index (χ4v) is 5.39.